The Morgan fingerprint density at radius 1 is 0.645 bits per heavy atom. The van der Waals surface area contributed by atoms with Crippen molar-refractivity contribution < 1.29 is 45.2 Å². The van der Waals surface area contributed by atoms with Gasteiger partial charge < -0.3 is 24.8 Å². The summed E-state index contributed by atoms with van der Waals surface area (Å²) in [6, 6.07) is 29.5. The Hall–Kier alpha value is -1.18. The molecule has 2 unspecified atom stereocenters. The van der Waals surface area contributed by atoms with Gasteiger partial charge in [0.25, 0.3) is 0 Å². The molecule has 3 aromatic carbocycles. The van der Waals surface area contributed by atoms with E-state index in [1.807, 2.05) is 0 Å². The minimum absolute atomic E-state index is 0. The molecule has 0 aromatic heterocycles. The molecule has 0 heterocycles. The molecular formula is C27H26Cl2SiZr. The maximum absolute atomic E-state index is 2.59. The first-order chi connectivity index (χ1) is 14.1. The van der Waals surface area contributed by atoms with Crippen molar-refractivity contribution in [2.75, 3.05) is 0 Å². The summed E-state index contributed by atoms with van der Waals surface area (Å²) in [7, 11) is 0. The van der Waals surface area contributed by atoms with Crippen molar-refractivity contribution in [3.8, 4) is 0 Å². The van der Waals surface area contributed by atoms with Gasteiger partial charge in [0.15, 0.2) is 0 Å². The molecule has 0 saturated carbocycles. The van der Waals surface area contributed by atoms with Gasteiger partial charge in [0, 0.05) is 0 Å². The molecule has 2 atom stereocenters. The molecule has 0 amide bonds. The molecule has 0 fully saturated rings. The Balaban J connectivity index is 0.00000136. The molecule has 5 rings (SSSR count). The molecule has 31 heavy (non-hydrogen) atoms. The van der Waals surface area contributed by atoms with E-state index in [1.165, 1.54) is 16.7 Å². The van der Waals surface area contributed by atoms with Gasteiger partial charge in [-0.15, -0.1) is 0 Å². The summed E-state index contributed by atoms with van der Waals surface area (Å²) in [6.45, 7) is 7.58. The average Bonchev–Trinajstić information content (AvgIpc) is 3.27. The quantitative estimate of drug-likeness (QED) is 0.440. The van der Waals surface area contributed by atoms with Crippen molar-refractivity contribution in [1.82, 2.24) is 0 Å². The number of fused-ring (bicyclic) bond motifs is 2. The van der Waals surface area contributed by atoms with E-state index in [-0.39, 0.29) is 30.2 Å². The van der Waals surface area contributed by atoms with Crippen molar-refractivity contribution in [3.05, 3.63) is 112 Å². The standard InChI is InChI=1S/C15H11.C10H9.C2H6Si.2ClH.Zr/c1-2-6-12(7-3-1)15-10-13-8-4-5-9-14(13)11-15;1-8-6-9-4-2-3-5-10(9)7-8;1-3-2;;;/h1-11H;2-7H,1H3;1-2H3;2*1H;/q;;;;;+2/p-2. The number of hydrogen-bond donors (Lipinski definition) is 0. The largest absolute Gasteiger partial charge is 1.00 e. The number of allylic oxidation sites excluding steroid dienone is 2. The van der Waals surface area contributed by atoms with Gasteiger partial charge in [-0.3, -0.25) is 0 Å². The summed E-state index contributed by atoms with van der Waals surface area (Å²) >= 11 is -1.97. The van der Waals surface area contributed by atoms with E-state index in [1.54, 1.807) is 22.3 Å². The molecule has 3 aromatic rings. The molecule has 0 saturated heterocycles. The van der Waals surface area contributed by atoms with Gasteiger partial charge in [0.05, 0.1) is 0 Å². The van der Waals surface area contributed by atoms with Crippen LogP contribution in [0.25, 0.3) is 17.7 Å². The number of rotatable bonds is 3. The Kier molecular flexibility index (Phi) is 8.03. The summed E-state index contributed by atoms with van der Waals surface area (Å²) in [5.74, 6) is 0. The van der Waals surface area contributed by atoms with E-state index in [2.05, 4.69) is 111 Å². The second-order valence-electron chi connectivity index (χ2n) is 8.43. The second-order valence-corrected chi connectivity index (χ2v) is 26.3. The average molecular weight is 541 g/mol. The third kappa shape index (κ3) is 4.38. The first-order valence-electron chi connectivity index (χ1n) is 10.5. The van der Waals surface area contributed by atoms with Crippen molar-refractivity contribution in [1.29, 1.82) is 0 Å². The minimum atomic E-state index is -1.97. The van der Waals surface area contributed by atoms with Crippen LogP contribution in [0.4, 0.5) is 0 Å². The SMILES string of the molecule is CC1=Cc2ccccc2[CH]1[Zr+2]([CH]1C(c2ccccc2)=Cc2ccccc21)=[Si](C)C.[Cl-].[Cl-]. The molecule has 0 bridgehead atoms. The molecule has 156 valence electrons. The molecule has 2 aliphatic carbocycles. The van der Waals surface area contributed by atoms with E-state index >= 15 is 0 Å². The third-order valence-corrected chi connectivity index (χ3v) is 25.9. The monoisotopic (exact) mass is 538 g/mol. The fourth-order valence-electron chi connectivity index (χ4n) is 5.18. The summed E-state index contributed by atoms with van der Waals surface area (Å²) in [6.07, 6.45) is 4.97. The first-order valence-corrected chi connectivity index (χ1v) is 19.5. The van der Waals surface area contributed by atoms with Gasteiger partial charge in [-0.05, 0) is 0 Å². The zero-order chi connectivity index (χ0) is 20.0. The van der Waals surface area contributed by atoms with Crippen molar-refractivity contribution in [2.24, 2.45) is 0 Å². The summed E-state index contributed by atoms with van der Waals surface area (Å²) in [5, 5.41) is 0. The van der Waals surface area contributed by atoms with Crippen LogP contribution in [0.5, 0.6) is 0 Å². The molecule has 0 radical (unpaired) electrons. The summed E-state index contributed by atoms with van der Waals surface area (Å²) in [5.41, 5.74) is 10.4. The van der Waals surface area contributed by atoms with E-state index < -0.39 is 20.4 Å². The predicted molar refractivity (Wildman–Crippen MR) is 124 cm³/mol. The molecular weight excluding hydrogens is 515 g/mol. The molecule has 0 aliphatic heterocycles. The molecule has 2 aliphatic rings. The number of halogens is 2. The van der Waals surface area contributed by atoms with Crippen molar-refractivity contribution in [2.45, 2.75) is 27.3 Å². The Labute approximate surface area is 206 Å². The molecule has 4 heteroatoms. The van der Waals surface area contributed by atoms with Crippen LogP contribution in [0.3, 0.4) is 0 Å². The zero-order valence-corrected chi connectivity index (χ0v) is 23.0. The van der Waals surface area contributed by atoms with Crippen LogP contribution >= 0.6 is 0 Å². The fraction of sp³-hybridized carbons (Fsp3) is 0.185. The van der Waals surface area contributed by atoms with E-state index in [0.717, 1.165) is 0 Å². The van der Waals surface area contributed by atoms with Gasteiger partial charge in [0.1, 0.15) is 0 Å². The Morgan fingerprint density at radius 2 is 1.16 bits per heavy atom. The first kappa shape index (κ1) is 24.5. The van der Waals surface area contributed by atoms with E-state index in [0.29, 0.717) is 7.25 Å². The number of benzene rings is 3. The molecule has 0 nitrogen and oxygen atoms in total. The normalized spacial score (nSPS) is 17.7. The van der Waals surface area contributed by atoms with Gasteiger partial charge in [0.2, 0.25) is 0 Å². The minimum Gasteiger partial charge on any atom is -1.00 e. The van der Waals surface area contributed by atoms with Gasteiger partial charge in [-0.25, -0.2) is 0 Å². The third-order valence-electron chi connectivity index (χ3n) is 6.38. The maximum atomic E-state index is 2.59. The van der Waals surface area contributed by atoms with Crippen LogP contribution in [0.15, 0.2) is 84.4 Å². The van der Waals surface area contributed by atoms with Gasteiger partial charge in [-0.1, -0.05) is 0 Å². The fourth-order valence-corrected chi connectivity index (χ4v) is 25.6. The summed E-state index contributed by atoms with van der Waals surface area (Å²) < 4.78 is 1.36. The maximum Gasteiger partial charge on any atom is -1.00 e. The smallest absolute Gasteiger partial charge is 1.00 e. The Bertz CT molecular complexity index is 1190. The second kappa shape index (κ2) is 10.2. The van der Waals surface area contributed by atoms with Crippen LogP contribution < -0.4 is 24.8 Å². The van der Waals surface area contributed by atoms with E-state index in [4.69, 9.17) is 0 Å². The van der Waals surface area contributed by atoms with Crippen LogP contribution in [0.1, 0.15) is 42.0 Å². The van der Waals surface area contributed by atoms with Crippen LogP contribution in [-0.2, 0) is 20.4 Å². The van der Waals surface area contributed by atoms with Crippen LogP contribution in [-0.4, -0.2) is 5.43 Å². The summed E-state index contributed by atoms with van der Waals surface area (Å²) in [4.78, 5) is 0. The molecule has 0 N–H and O–H groups in total. The topological polar surface area (TPSA) is 0 Å². The zero-order valence-electron chi connectivity index (χ0n) is 18.1. The van der Waals surface area contributed by atoms with Crippen LogP contribution in [0.2, 0.25) is 13.1 Å². The van der Waals surface area contributed by atoms with E-state index in [9.17, 15) is 0 Å². The van der Waals surface area contributed by atoms with Gasteiger partial charge in [-0.2, -0.15) is 0 Å². The van der Waals surface area contributed by atoms with Gasteiger partial charge >= 0.3 is 183 Å². The number of hydrogen-bond acceptors (Lipinski definition) is 0. The van der Waals surface area contributed by atoms with Crippen LogP contribution in [0, 0.1) is 0 Å². The van der Waals surface area contributed by atoms with Crippen molar-refractivity contribution in [3.63, 3.8) is 0 Å². The Morgan fingerprint density at radius 3 is 1.77 bits per heavy atom. The van der Waals surface area contributed by atoms with Crippen molar-refractivity contribution >= 4 is 23.2 Å². The molecule has 0 spiro atoms. The predicted octanol–water partition coefficient (Wildman–Crippen LogP) is 1.32.